The smallest absolute Gasteiger partial charge is 0.131 e. The Kier molecular flexibility index (Phi) is 6.13. The van der Waals surface area contributed by atoms with Crippen molar-refractivity contribution < 1.29 is 9.13 Å². The van der Waals surface area contributed by atoms with Gasteiger partial charge in [0.05, 0.1) is 7.11 Å². The van der Waals surface area contributed by atoms with E-state index in [2.05, 4.69) is 19.2 Å². The Bertz CT molecular complexity index is 368. The second-order valence-electron chi connectivity index (χ2n) is 4.72. The highest BCUT2D eigenvalue weighted by Gasteiger charge is 2.21. The Morgan fingerprint density at radius 3 is 2.61 bits per heavy atom. The molecule has 1 aromatic carbocycles. The number of hydrogen-bond acceptors (Lipinski definition) is 2. The van der Waals surface area contributed by atoms with Crippen molar-refractivity contribution in [1.82, 2.24) is 5.32 Å². The van der Waals surface area contributed by atoms with Crippen molar-refractivity contribution >= 4 is 0 Å². The fourth-order valence-electron chi connectivity index (χ4n) is 2.15. The topological polar surface area (TPSA) is 21.3 Å². The van der Waals surface area contributed by atoms with E-state index in [1.807, 2.05) is 13.0 Å². The van der Waals surface area contributed by atoms with Crippen LogP contribution in [0.2, 0.25) is 0 Å². The van der Waals surface area contributed by atoms with Crippen molar-refractivity contribution in [2.75, 3.05) is 13.7 Å². The SMILES string of the molecule is CCNC(CC(C)CC)c1c(F)cccc1OC. The lowest BCUT2D eigenvalue weighted by Crippen LogP contribution is -2.24. The first-order valence-electron chi connectivity index (χ1n) is 6.69. The lowest BCUT2D eigenvalue weighted by atomic mass is 9.93. The van der Waals surface area contributed by atoms with Gasteiger partial charge in [-0.25, -0.2) is 4.39 Å². The second kappa shape index (κ2) is 7.37. The van der Waals surface area contributed by atoms with Crippen LogP contribution in [0, 0.1) is 11.7 Å². The molecule has 0 aliphatic heterocycles. The quantitative estimate of drug-likeness (QED) is 0.795. The molecule has 2 unspecified atom stereocenters. The molecule has 0 aliphatic carbocycles. The Hall–Kier alpha value is -1.09. The molecule has 0 saturated carbocycles. The van der Waals surface area contributed by atoms with Crippen LogP contribution in [0.4, 0.5) is 4.39 Å². The molecular weight excluding hydrogens is 229 g/mol. The third kappa shape index (κ3) is 3.70. The highest BCUT2D eigenvalue weighted by Crippen LogP contribution is 2.32. The van der Waals surface area contributed by atoms with Crippen LogP contribution in [0.5, 0.6) is 5.75 Å². The number of methoxy groups -OCH3 is 1. The van der Waals surface area contributed by atoms with E-state index >= 15 is 0 Å². The van der Waals surface area contributed by atoms with Crippen LogP contribution in [0.25, 0.3) is 0 Å². The molecule has 2 nitrogen and oxygen atoms in total. The van der Waals surface area contributed by atoms with Crippen LogP contribution in [0.1, 0.15) is 45.2 Å². The van der Waals surface area contributed by atoms with Crippen LogP contribution in [-0.4, -0.2) is 13.7 Å². The minimum Gasteiger partial charge on any atom is -0.496 e. The number of hydrogen-bond donors (Lipinski definition) is 1. The zero-order chi connectivity index (χ0) is 13.5. The van der Waals surface area contributed by atoms with E-state index in [1.165, 1.54) is 6.07 Å². The van der Waals surface area contributed by atoms with Gasteiger partial charge in [0.15, 0.2) is 0 Å². The summed E-state index contributed by atoms with van der Waals surface area (Å²) in [4.78, 5) is 0. The Morgan fingerprint density at radius 1 is 1.33 bits per heavy atom. The predicted octanol–water partition coefficient (Wildman–Crippen LogP) is 3.92. The van der Waals surface area contributed by atoms with Crippen LogP contribution < -0.4 is 10.1 Å². The summed E-state index contributed by atoms with van der Waals surface area (Å²) in [6, 6.07) is 5.02. The minimum absolute atomic E-state index is 0.0149. The van der Waals surface area contributed by atoms with E-state index in [0.717, 1.165) is 19.4 Å². The molecule has 0 amide bonds. The monoisotopic (exact) mass is 253 g/mol. The third-order valence-electron chi connectivity index (χ3n) is 3.37. The van der Waals surface area contributed by atoms with Gasteiger partial charge in [-0.3, -0.25) is 0 Å². The van der Waals surface area contributed by atoms with Gasteiger partial charge in [-0.1, -0.05) is 33.3 Å². The van der Waals surface area contributed by atoms with Crippen LogP contribution in [0.3, 0.4) is 0 Å². The summed E-state index contributed by atoms with van der Waals surface area (Å²) < 4.78 is 19.3. The molecule has 0 aromatic heterocycles. The maximum atomic E-state index is 14.0. The molecule has 0 radical (unpaired) electrons. The molecule has 1 aromatic rings. The first kappa shape index (κ1) is 15.0. The zero-order valence-corrected chi connectivity index (χ0v) is 11.8. The summed E-state index contributed by atoms with van der Waals surface area (Å²) >= 11 is 0. The fraction of sp³-hybridized carbons (Fsp3) is 0.600. The van der Waals surface area contributed by atoms with Gasteiger partial charge in [-0.2, -0.15) is 0 Å². The van der Waals surface area contributed by atoms with E-state index in [4.69, 9.17) is 4.74 Å². The molecule has 102 valence electrons. The molecule has 0 aliphatic rings. The summed E-state index contributed by atoms with van der Waals surface area (Å²) in [6.07, 6.45) is 2.01. The maximum absolute atomic E-state index is 14.0. The summed E-state index contributed by atoms with van der Waals surface area (Å²) in [5, 5.41) is 3.36. The first-order chi connectivity index (χ1) is 8.63. The number of halogens is 1. The lowest BCUT2D eigenvalue weighted by molar-refractivity contribution is 0.363. The standard InChI is InChI=1S/C15H24FNO/c1-5-11(3)10-13(17-6-2)15-12(16)8-7-9-14(15)18-4/h7-9,11,13,17H,5-6,10H2,1-4H3. The van der Waals surface area contributed by atoms with Gasteiger partial charge in [0.1, 0.15) is 11.6 Å². The Labute approximate surface area is 110 Å². The largest absolute Gasteiger partial charge is 0.496 e. The van der Waals surface area contributed by atoms with Crippen molar-refractivity contribution in [3.05, 3.63) is 29.6 Å². The van der Waals surface area contributed by atoms with Crippen LogP contribution in [-0.2, 0) is 0 Å². The molecule has 0 bridgehead atoms. The molecule has 0 saturated heterocycles. The first-order valence-corrected chi connectivity index (χ1v) is 6.69. The maximum Gasteiger partial charge on any atom is 0.131 e. The molecule has 0 heterocycles. The molecule has 1 rings (SSSR count). The van der Waals surface area contributed by atoms with Crippen LogP contribution in [0.15, 0.2) is 18.2 Å². The van der Waals surface area contributed by atoms with Gasteiger partial charge in [0, 0.05) is 11.6 Å². The van der Waals surface area contributed by atoms with Gasteiger partial charge in [0.2, 0.25) is 0 Å². The number of ether oxygens (including phenoxy) is 1. The van der Waals surface area contributed by atoms with E-state index in [0.29, 0.717) is 17.2 Å². The summed E-state index contributed by atoms with van der Waals surface area (Å²) in [7, 11) is 1.59. The van der Waals surface area contributed by atoms with Gasteiger partial charge >= 0.3 is 0 Å². The summed E-state index contributed by atoms with van der Waals surface area (Å²) in [5.74, 6) is 0.992. The van der Waals surface area contributed by atoms with Crippen LogP contribution >= 0.6 is 0 Å². The fourth-order valence-corrected chi connectivity index (χ4v) is 2.15. The summed E-state index contributed by atoms with van der Waals surface area (Å²) in [5.41, 5.74) is 0.655. The third-order valence-corrected chi connectivity index (χ3v) is 3.37. The zero-order valence-electron chi connectivity index (χ0n) is 11.8. The normalized spacial score (nSPS) is 14.3. The van der Waals surface area contributed by atoms with E-state index in [9.17, 15) is 4.39 Å². The highest BCUT2D eigenvalue weighted by molar-refractivity contribution is 5.37. The van der Waals surface area contributed by atoms with Gasteiger partial charge in [0.25, 0.3) is 0 Å². The van der Waals surface area contributed by atoms with E-state index in [-0.39, 0.29) is 11.9 Å². The number of benzene rings is 1. The second-order valence-corrected chi connectivity index (χ2v) is 4.72. The Morgan fingerprint density at radius 2 is 2.06 bits per heavy atom. The van der Waals surface area contributed by atoms with Crippen molar-refractivity contribution in [1.29, 1.82) is 0 Å². The van der Waals surface area contributed by atoms with Crippen molar-refractivity contribution in [3.8, 4) is 5.75 Å². The Balaban J connectivity index is 3.04. The van der Waals surface area contributed by atoms with Gasteiger partial charge in [-0.05, 0) is 31.0 Å². The molecule has 1 N–H and O–H groups in total. The highest BCUT2D eigenvalue weighted by atomic mass is 19.1. The average Bonchev–Trinajstić information content (AvgIpc) is 2.37. The van der Waals surface area contributed by atoms with E-state index < -0.39 is 0 Å². The van der Waals surface area contributed by atoms with Gasteiger partial charge in [-0.15, -0.1) is 0 Å². The molecule has 2 atom stereocenters. The minimum atomic E-state index is -0.191. The number of rotatable bonds is 7. The summed E-state index contributed by atoms with van der Waals surface area (Å²) in [6.45, 7) is 7.21. The number of nitrogens with one attached hydrogen (secondary N) is 1. The van der Waals surface area contributed by atoms with E-state index in [1.54, 1.807) is 13.2 Å². The van der Waals surface area contributed by atoms with Gasteiger partial charge < -0.3 is 10.1 Å². The average molecular weight is 253 g/mol. The molecule has 3 heteroatoms. The van der Waals surface area contributed by atoms with Crippen molar-refractivity contribution in [3.63, 3.8) is 0 Å². The van der Waals surface area contributed by atoms with Crippen molar-refractivity contribution in [2.45, 2.75) is 39.7 Å². The lowest BCUT2D eigenvalue weighted by Gasteiger charge is -2.23. The molecule has 18 heavy (non-hydrogen) atoms. The molecule has 0 fully saturated rings. The van der Waals surface area contributed by atoms with Crippen molar-refractivity contribution in [2.24, 2.45) is 5.92 Å². The molecular formula is C15H24FNO. The molecule has 0 spiro atoms. The predicted molar refractivity (Wildman–Crippen MR) is 73.4 cm³/mol.